The number of halogens is 3. The minimum absolute atomic E-state index is 0. The van der Waals surface area contributed by atoms with E-state index in [4.69, 9.17) is 33.7 Å². The lowest BCUT2D eigenvalue weighted by Gasteiger charge is -2.19. The molecule has 0 bridgehead atoms. The van der Waals surface area contributed by atoms with Crippen LogP contribution in [0.3, 0.4) is 0 Å². The molecule has 5 nitrogen and oxygen atoms in total. The largest absolute Gasteiger partial charge is 0.495 e. The van der Waals surface area contributed by atoms with Crippen LogP contribution in [0.15, 0.2) is 17.0 Å². The fourth-order valence-electron chi connectivity index (χ4n) is 1.23. The Morgan fingerprint density at radius 1 is 1.30 bits per heavy atom. The van der Waals surface area contributed by atoms with Gasteiger partial charge in [-0.15, -0.1) is 12.4 Å². The molecule has 0 spiro atoms. The molecule has 1 rings (SSSR count). The molecule has 0 amide bonds. The zero-order valence-electron chi connectivity index (χ0n) is 11.2. The Hall–Kier alpha value is -0.240. The number of hydrogen-bond donors (Lipinski definition) is 2. The van der Waals surface area contributed by atoms with Crippen molar-refractivity contribution in [2.24, 2.45) is 5.73 Å². The third-order valence-corrected chi connectivity index (χ3v) is 4.37. The van der Waals surface area contributed by atoms with Crippen molar-refractivity contribution < 1.29 is 13.2 Å². The topological polar surface area (TPSA) is 81.4 Å². The van der Waals surface area contributed by atoms with Gasteiger partial charge in [-0.25, -0.2) is 13.1 Å². The van der Waals surface area contributed by atoms with Crippen LogP contribution in [-0.2, 0) is 10.0 Å². The lowest BCUT2D eigenvalue weighted by atomic mass is 10.1. The van der Waals surface area contributed by atoms with E-state index in [1.54, 1.807) is 13.8 Å². The Morgan fingerprint density at radius 2 is 1.85 bits per heavy atom. The molecule has 0 heterocycles. The van der Waals surface area contributed by atoms with Crippen LogP contribution in [0.4, 0.5) is 0 Å². The van der Waals surface area contributed by atoms with Gasteiger partial charge in [0, 0.05) is 18.2 Å². The smallest absolute Gasteiger partial charge is 0.242 e. The molecular formula is C11H17Cl3N2O3S. The molecule has 0 fully saturated rings. The van der Waals surface area contributed by atoms with E-state index < -0.39 is 15.6 Å². The number of methoxy groups -OCH3 is 1. The monoisotopic (exact) mass is 362 g/mol. The Kier molecular flexibility index (Phi) is 7.07. The van der Waals surface area contributed by atoms with Gasteiger partial charge in [-0.05, 0) is 19.9 Å². The minimum Gasteiger partial charge on any atom is -0.495 e. The summed E-state index contributed by atoms with van der Waals surface area (Å²) in [6.45, 7) is 3.49. The van der Waals surface area contributed by atoms with Crippen molar-refractivity contribution in [1.29, 1.82) is 0 Å². The van der Waals surface area contributed by atoms with Gasteiger partial charge in [-0.3, -0.25) is 0 Å². The summed E-state index contributed by atoms with van der Waals surface area (Å²) >= 11 is 11.8. The first kappa shape index (κ1) is 19.8. The van der Waals surface area contributed by atoms with Crippen LogP contribution in [0.25, 0.3) is 0 Å². The minimum atomic E-state index is -3.77. The number of nitrogens with two attached hydrogens (primary N) is 1. The molecule has 116 valence electrons. The Labute approximate surface area is 135 Å². The number of hydrogen-bond acceptors (Lipinski definition) is 4. The Morgan fingerprint density at radius 3 is 2.30 bits per heavy atom. The zero-order valence-corrected chi connectivity index (χ0v) is 14.4. The van der Waals surface area contributed by atoms with E-state index >= 15 is 0 Å². The van der Waals surface area contributed by atoms with Gasteiger partial charge in [0.2, 0.25) is 10.0 Å². The molecule has 9 heteroatoms. The molecule has 1 aromatic carbocycles. The molecule has 0 aliphatic heterocycles. The third-order valence-electron chi connectivity index (χ3n) is 2.21. The van der Waals surface area contributed by atoms with Crippen molar-refractivity contribution in [1.82, 2.24) is 4.72 Å². The van der Waals surface area contributed by atoms with Gasteiger partial charge in [0.05, 0.1) is 17.2 Å². The first-order chi connectivity index (χ1) is 8.57. The molecule has 0 aliphatic carbocycles. The van der Waals surface area contributed by atoms with Crippen LogP contribution < -0.4 is 15.2 Å². The summed E-state index contributed by atoms with van der Waals surface area (Å²) in [6, 6.07) is 2.60. The van der Waals surface area contributed by atoms with Gasteiger partial charge >= 0.3 is 0 Å². The predicted octanol–water partition coefficient (Wildman–Crippen LogP) is 2.44. The first-order valence-corrected chi connectivity index (χ1v) is 7.62. The van der Waals surface area contributed by atoms with Crippen molar-refractivity contribution in [3.63, 3.8) is 0 Å². The van der Waals surface area contributed by atoms with Crippen molar-refractivity contribution in [2.75, 3.05) is 13.7 Å². The molecule has 3 N–H and O–H groups in total. The van der Waals surface area contributed by atoms with Gasteiger partial charge < -0.3 is 10.5 Å². The maximum Gasteiger partial charge on any atom is 0.242 e. The van der Waals surface area contributed by atoms with E-state index in [1.807, 2.05) is 0 Å². The van der Waals surface area contributed by atoms with Crippen LogP contribution in [0.5, 0.6) is 5.75 Å². The maximum absolute atomic E-state index is 12.1. The van der Waals surface area contributed by atoms with E-state index in [-0.39, 0.29) is 33.9 Å². The van der Waals surface area contributed by atoms with Crippen molar-refractivity contribution in [3.05, 3.63) is 22.2 Å². The van der Waals surface area contributed by atoms with E-state index in [2.05, 4.69) is 4.72 Å². The second kappa shape index (κ2) is 7.15. The van der Waals surface area contributed by atoms with E-state index in [0.717, 1.165) is 0 Å². The second-order valence-electron chi connectivity index (χ2n) is 4.73. The molecule has 0 radical (unpaired) electrons. The third kappa shape index (κ3) is 5.27. The molecular weight excluding hydrogens is 347 g/mol. The van der Waals surface area contributed by atoms with Crippen LogP contribution in [0.2, 0.25) is 10.0 Å². The summed E-state index contributed by atoms with van der Waals surface area (Å²) in [5, 5.41) is 0.197. The maximum atomic E-state index is 12.1. The summed E-state index contributed by atoms with van der Waals surface area (Å²) in [7, 11) is -2.36. The summed E-state index contributed by atoms with van der Waals surface area (Å²) in [5.41, 5.74) is 5.06. The molecule has 0 saturated carbocycles. The first-order valence-electron chi connectivity index (χ1n) is 5.38. The van der Waals surface area contributed by atoms with E-state index in [9.17, 15) is 8.42 Å². The molecule has 0 saturated heterocycles. The molecule has 20 heavy (non-hydrogen) atoms. The number of nitrogens with one attached hydrogen (secondary N) is 1. The predicted molar refractivity (Wildman–Crippen MR) is 83.7 cm³/mol. The lowest BCUT2D eigenvalue weighted by Crippen LogP contribution is -2.45. The highest BCUT2D eigenvalue weighted by Crippen LogP contribution is 2.33. The van der Waals surface area contributed by atoms with Crippen LogP contribution >= 0.6 is 35.6 Å². The van der Waals surface area contributed by atoms with Gasteiger partial charge in [0.25, 0.3) is 0 Å². The molecule has 0 aliphatic rings. The second-order valence-corrected chi connectivity index (χ2v) is 7.28. The lowest BCUT2D eigenvalue weighted by molar-refractivity contribution is 0.414. The number of rotatable bonds is 5. The van der Waals surface area contributed by atoms with Gasteiger partial charge in [0.1, 0.15) is 10.6 Å². The number of benzene rings is 1. The van der Waals surface area contributed by atoms with Gasteiger partial charge in [0.15, 0.2) is 0 Å². The molecule has 0 unspecified atom stereocenters. The van der Waals surface area contributed by atoms with Crippen LogP contribution in [0, 0.1) is 0 Å². The summed E-state index contributed by atoms with van der Waals surface area (Å²) in [4.78, 5) is -0.107. The van der Waals surface area contributed by atoms with Gasteiger partial charge in [-0.1, -0.05) is 23.2 Å². The highest BCUT2D eigenvalue weighted by Gasteiger charge is 2.22. The van der Waals surface area contributed by atoms with E-state index in [0.29, 0.717) is 5.75 Å². The van der Waals surface area contributed by atoms with Crippen molar-refractivity contribution in [2.45, 2.75) is 24.3 Å². The average Bonchev–Trinajstić information content (AvgIpc) is 2.28. The molecule has 0 aromatic heterocycles. The zero-order chi connectivity index (χ0) is 14.8. The number of sulfonamides is 1. The standard InChI is InChI=1S/C11H16Cl2N2O3S.ClH/c1-11(2,14)6-15-19(16,17)10-5-7(12)9(18-3)4-8(10)13;/h4-5,15H,6,14H2,1-3H3;1H. The van der Waals surface area contributed by atoms with Crippen LogP contribution in [-0.4, -0.2) is 27.6 Å². The van der Waals surface area contributed by atoms with E-state index in [1.165, 1.54) is 19.2 Å². The normalized spacial score (nSPS) is 11.9. The van der Waals surface area contributed by atoms with Crippen molar-refractivity contribution in [3.8, 4) is 5.75 Å². The fraction of sp³-hybridized carbons (Fsp3) is 0.455. The highest BCUT2D eigenvalue weighted by atomic mass is 35.5. The Bertz CT molecular complexity index is 571. The molecule has 0 atom stereocenters. The Balaban J connectivity index is 0.00000361. The fourth-order valence-corrected chi connectivity index (χ4v) is 3.30. The summed E-state index contributed by atoms with van der Waals surface area (Å²) in [5.74, 6) is 0.310. The van der Waals surface area contributed by atoms with Crippen molar-refractivity contribution >= 4 is 45.6 Å². The molecule has 1 aromatic rings. The summed E-state index contributed by atoms with van der Waals surface area (Å²) in [6.07, 6.45) is 0. The summed E-state index contributed by atoms with van der Waals surface area (Å²) < 4.78 is 31.5. The number of ether oxygens (including phenoxy) is 1. The van der Waals surface area contributed by atoms with Gasteiger partial charge in [-0.2, -0.15) is 0 Å². The quantitative estimate of drug-likeness (QED) is 0.842. The highest BCUT2D eigenvalue weighted by molar-refractivity contribution is 7.89. The van der Waals surface area contributed by atoms with Crippen LogP contribution in [0.1, 0.15) is 13.8 Å². The SMILES string of the molecule is COc1cc(Cl)c(S(=O)(=O)NCC(C)(C)N)cc1Cl.Cl. The average molecular weight is 364 g/mol.